The molecule has 0 fully saturated rings. The molecule has 1 amide bonds. The van der Waals surface area contributed by atoms with E-state index in [2.05, 4.69) is 5.32 Å². The third kappa shape index (κ3) is 6.27. The smallest absolute Gasteiger partial charge is 0.320 e. The minimum atomic E-state index is -0.951. The van der Waals surface area contributed by atoms with Gasteiger partial charge in [-0.2, -0.15) is 0 Å². The first-order valence-corrected chi connectivity index (χ1v) is 6.79. The fourth-order valence-electron chi connectivity index (χ4n) is 1.67. The van der Waals surface area contributed by atoms with E-state index in [1.807, 2.05) is 31.2 Å². The standard InChI is InChI=1S/C15H22N2O4/c1-11-5-4-6-13(9-11)21-8-7-16-14(18)10-17(3)12(2)15(19)20/h4-6,9,12H,7-8,10H2,1-3H3,(H,16,18)(H,19,20). The first-order valence-electron chi connectivity index (χ1n) is 6.79. The van der Waals surface area contributed by atoms with E-state index < -0.39 is 12.0 Å². The van der Waals surface area contributed by atoms with Gasteiger partial charge in [0.25, 0.3) is 0 Å². The Morgan fingerprint density at radius 2 is 2.14 bits per heavy atom. The Labute approximate surface area is 124 Å². The summed E-state index contributed by atoms with van der Waals surface area (Å²) in [5, 5.41) is 11.5. The summed E-state index contributed by atoms with van der Waals surface area (Å²) in [4.78, 5) is 23.9. The molecule has 6 nitrogen and oxygen atoms in total. The predicted octanol–water partition coefficient (Wildman–Crippen LogP) is 0.895. The second-order valence-electron chi connectivity index (χ2n) is 4.94. The number of likely N-dealkylation sites (N-methyl/N-ethyl adjacent to an activating group) is 1. The van der Waals surface area contributed by atoms with Crippen LogP contribution in [0.4, 0.5) is 0 Å². The number of benzene rings is 1. The van der Waals surface area contributed by atoms with Crippen molar-refractivity contribution in [3.63, 3.8) is 0 Å². The Morgan fingerprint density at radius 1 is 1.43 bits per heavy atom. The Balaban J connectivity index is 2.23. The van der Waals surface area contributed by atoms with Crippen LogP contribution in [0.3, 0.4) is 0 Å². The quantitative estimate of drug-likeness (QED) is 0.696. The molecule has 1 aromatic rings. The van der Waals surface area contributed by atoms with Gasteiger partial charge in [0.15, 0.2) is 0 Å². The topological polar surface area (TPSA) is 78.9 Å². The maximum Gasteiger partial charge on any atom is 0.320 e. The second-order valence-corrected chi connectivity index (χ2v) is 4.94. The molecule has 1 aromatic carbocycles. The summed E-state index contributed by atoms with van der Waals surface area (Å²) in [6.45, 7) is 4.30. The minimum absolute atomic E-state index is 0.0396. The number of rotatable bonds is 8. The summed E-state index contributed by atoms with van der Waals surface area (Å²) >= 11 is 0. The summed E-state index contributed by atoms with van der Waals surface area (Å²) in [5.41, 5.74) is 1.11. The number of aryl methyl sites for hydroxylation is 1. The van der Waals surface area contributed by atoms with E-state index in [1.54, 1.807) is 7.05 Å². The average molecular weight is 294 g/mol. The molecular formula is C15H22N2O4. The number of carbonyl (C=O) groups is 2. The molecule has 2 N–H and O–H groups in total. The lowest BCUT2D eigenvalue weighted by molar-refractivity contribution is -0.142. The van der Waals surface area contributed by atoms with Crippen molar-refractivity contribution in [1.82, 2.24) is 10.2 Å². The molecule has 1 unspecified atom stereocenters. The van der Waals surface area contributed by atoms with E-state index in [4.69, 9.17) is 9.84 Å². The SMILES string of the molecule is Cc1cccc(OCCNC(=O)CN(C)C(C)C(=O)O)c1. The molecule has 0 spiro atoms. The van der Waals surface area contributed by atoms with Crippen LogP contribution in [0.15, 0.2) is 24.3 Å². The van der Waals surface area contributed by atoms with Gasteiger partial charge in [0.2, 0.25) is 5.91 Å². The monoisotopic (exact) mass is 294 g/mol. The van der Waals surface area contributed by atoms with Crippen LogP contribution in [-0.2, 0) is 9.59 Å². The van der Waals surface area contributed by atoms with Crippen molar-refractivity contribution in [2.45, 2.75) is 19.9 Å². The van der Waals surface area contributed by atoms with Crippen molar-refractivity contribution in [1.29, 1.82) is 0 Å². The fraction of sp³-hybridized carbons (Fsp3) is 0.467. The number of nitrogens with zero attached hydrogens (tertiary/aromatic N) is 1. The second kappa shape index (κ2) is 8.26. The lowest BCUT2D eigenvalue weighted by Gasteiger charge is -2.20. The van der Waals surface area contributed by atoms with Crippen LogP contribution >= 0.6 is 0 Å². The largest absolute Gasteiger partial charge is 0.492 e. The lowest BCUT2D eigenvalue weighted by atomic mass is 10.2. The van der Waals surface area contributed by atoms with Gasteiger partial charge < -0.3 is 15.2 Å². The molecule has 21 heavy (non-hydrogen) atoms. The molecule has 0 saturated heterocycles. The molecule has 0 aromatic heterocycles. The molecule has 6 heteroatoms. The van der Waals surface area contributed by atoms with Crippen molar-refractivity contribution >= 4 is 11.9 Å². The third-order valence-corrected chi connectivity index (χ3v) is 3.09. The summed E-state index contributed by atoms with van der Waals surface area (Å²) in [6, 6.07) is 6.97. The molecule has 0 aliphatic rings. The van der Waals surface area contributed by atoms with Crippen molar-refractivity contribution in [2.75, 3.05) is 26.7 Å². The molecule has 1 rings (SSSR count). The first kappa shape index (κ1) is 17.0. The number of carboxylic acid groups (broad SMARTS) is 1. The van der Waals surface area contributed by atoms with E-state index >= 15 is 0 Å². The van der Waals surface area contributed by atoms with Gasteiger partial charge in [0, 0.05) is 0 Å². The Kier molecular flexibility index (Phi) is 6.68. The molecular weight excluding hydrogens is 272 g/mol. The van der Waals surface area contributed by atoms with Gasteiger partial charge in [-0.15, -0.1) is 0 Å². The number of carbonyl (C=O) groups excluding carboxylic acids is 1. The van der Waals surface area contributed by atoms with E-state index in [9.17, 15) is 9.59 Å². The van der Waals surface area contributed by atoms with E-state index in [0.29, 0.717) is 13.2 Å². The van der Waals surface area contributed by atoms with Crippen LogP contribution in [0.25, 0.3) is 0 Å². The molecule has 0 aliphatic heterocycles. The Morgan fingerprint density at radius 3 is 2.76 bits per heavy atom. The van der Waals surface area contributed by atoms with Crippen LogP contribution in [0.2, 0.25) is 0 Å². The molecule has 0 bridgehead atoms. The van der Waals surface area contributed by atoms with Crippen LogP contribution in [0.1, 0.15) is 12.5 Å². The molecule has 1 atom stereocenters. The number of nitrogens with one attached hydrogen (secondary N) is 1. The highest BCUT2D eigenvalue weighted by Gasteiger charge is 2.18. The van der Waals surface area contributed by atoms with Gasteiger partial charge in [0.05, 0.1) is 13.1 Å². The van der Waals surface area contributed by atoms with Crippen molar-refractivity contribution in [3.05, 3.63) is 29.8 Å². The number of aliphatic carboxylic acids is 1. The number of hydrogen-bond donors (Lipinski definition) is 2. The zero-order valence-corrected chi connectivity index (χ0v) is 12.6. The van der Waals surface area contributed by atoms with Gasteiger partial charge in [-0.25, -0.2) is 0 Å². The molecule has 0 heterocycles. The van der Waals surface area contributed by atoms with Gasteiger partial charge >= 0.3 is 5.97 Å². The highest BCUT2D eigenvalue weighted by atomic mass is 16.5. The molecule has 0 radical (unpaired) electrons. The normalized spacial score (nSPS) is 12.0. The number of amides is 1. The van der Waals surface area contributed by atoms with Gasteiger partial charge in [0.1, 0.15) is 18.4 Å². The maximum absolute atomic E-state index is 11.6. The average Bonchev–Trinajstić information content (AvgIpc) is 2.42. The summed E-state index contributed by atoms with van der Waals surface area (Å²) in [5.74, 6) is -0.410. The highest BCUT2D eigenvalue weighted by molar-refractivity contribution is 5.79. The zero-order chi connectivity index (χ0) is 15.8. The summed E-state index contributed by atoms with van der Waals surface area (Å²) < 4.78 is 5.51. The lowest BCUT2D eigenvalue weighted by Crippen LogP contribution is -2.43. The summed E-state index contributed by atoms with van der Waals surface area (Å²) in [7, 11) is 1.60. The van der Waals surface area contributed by atoms with Crippen molar-refractivity contribution in [3.8, 4) is 5.75 Å². The number of ether oxygens (including phenoxy) is 1. The Bertz CT molecular complexity index is 490. The number of hydrogen-bond acceptors (Lipinski definition) is 4. The van der Waals surface area contributed by atoms with Crippen LogP contribution in [0.5, 0.6) is 5.75 Å². The van der Waals surface area contributed by atoms with Crippen LogP contribution < -0.4 is 10.1 Å². The third-order valence-electron chi connectivity index (χ3n) is 3.09. The molecule has 116 valence electrons. The van der Waals surface area contributed by atoms with E-state index in [0.717, 1.165) is 11.3 Å². The highest BCUT2D eigenvalue weighted by Crippen LogP contribution is 2.11. The van der Waals surface area contributed by atoms with Crippen molar-refractivity contribution in [2.24, 2.45) is 0 Å². The Hall–Kier alpha value is -2.08. The predicted molar refractivity (Wildman–Crippen MR) is 79.4 cm³/mol. The minimum Gasteiger partial charge on any atom is -0.492 e. The summed E-state index contributed by atoms with van der Waals surface area (Å²) in [6.07, 6.45) is 0. The van der Waals surface area contributed by atoms with Gasteiger partial charge in [-0.05, 0) is 38.6 Å². The van der Waals surface area contributed by atoms with E-state index in [1.165, 1.54) is 11.8 Å². The van der Waals surface area contributed by atoms with Gasteiger partial charge in [-0.3, -0.25) is 14.5 Å². The van der Waals surface area contributed by atoms with Crippen LogP contribution in [0, 0.1) is 6.92 Å². The van der Waals surface area contributed by atoms with Gasteiger partial charge in [-0.1, -0.05) is 12.1 Å². The molecule has 0 aliphatic carbocycles. The fourth-order valence-corrected chi connectivity index (χ4v) is 1.67. The van der Waals surface area contributed by atoms with Crippen molar-refractivity contribution < 1.29 is 19.4 Å². The molecule has 0 saturated carbocycles. The maximum atomic E-state index is 11.6. The van der Waals surface area contributed by atoms with E-state index in [-0.39, 0.29) is 12.5 Å². The first-order chi connectivity index (χ1) is 9.90. The number of carboxylic acids is 1. The van der Waals surface area contributed by atoms with Crippen LogP contribution in [-0.4, -0.2) is 54.7 Å². The zero-order valence-electron chi connectivity index (χ0n) is 12.6.